The summed E-state index contributed by atoms with van der Waals surface area (Å²) in [6.45, 7) is 12.9. The van der Waals surface area contributed by atoms with Crippen LogP contribution in [-0.4, -0.2) is 118 Å². The van der Waals surface area contributed by atoms with Gasteiger partial charge in [-0.15, -0.1) is 0 Å². The fourth-order valence-electron chi connectivity index (χ4n) is 9.48. The molecule has 3 N–H and O–H groups in total. The van der Waals surface area contributed by atoms with Crippen LogP contribution < -0.4 is 30.9 Å². The lowest BCUT2D eigenvalue weighted by atomic mass is 9.95. The van der Waals surface area contributed by atoms with Crippen LogP contribution in [-0.2, 0) is 27.0 Å². The zero-order chi connectivity index (χ0) is 44.5. The maximum absolute atomic E-state index is 13.6. The normalized spacial score (nSPS) is 18.1. The molecule has 1 atom stereocenters. The molecule has 3 saturated heterocycles. The fraction of sp³-hybridized carbons (Fsp3) is 0.404. The number of piperidine rings is 2. The van der Waals surface area contributed by atoms with Gasteiger partial charge in [-0.25, -0.2) is 9.97 Å². The maximum atomic E-state index is 13.6. The van der Waals surface area contributed by atoms with Crippen LogP contribution in [0.1, 0.15) is 55.3 Å². The van der Waals surface area contributed by atoms with E-state index in [1.807, 2.05) is 40.9 Å². The number of hydrogen-bond acceptors (Lipinski definition) is 13. The fourth-order valence-corrected chi connectivity index (χ4v) is 11.2. The smallest absolute Gasteiger partial charge is 0.235 e. The minimum absolute atomic E-state index is 0.211. The molecule has 0 spiro atoms. The Labute approximate surface area is 381 Å². The highest BCUT2D eigenvalue weighted by molar-refractivity contribution is 9.10. The molecule has 3 fully saturated rings. The van der Waals surface area contributed by atoms with Crippen molar-refractivity contribution in [2.75, 3.05) is 81.8 Å². The number of ether oxygens (including phenoxy) is 1. The number of carbonyl (C=O) groups is 2. The number of pyridine rings is 2. The van der Waals surface area contributed by atoms with Crippen LogP contribution >= 0.6 is 23.1 Å². The molecule has 0 aliphatic carbocycles. The first-order valence-corrected chi connectivity index (χ1v) is 25.6. The Bertz CT molecular complexity index is 2760. The summed E-state index contributed by atoms with van der Waals surface area (Å²) in [6.07, 6.45) is 12.3. The van der Waals surface area contributed by atoms with Gasteiger partial charge in [0, 0.05) is 99.3 Å². The number of piperazine rings is 1. The molecular formula is C47H55BrN11O4P. The van der Waals surface area contributed by atoms with Crippen molar-refractivity contribution in [2.45, 2.75) is 57.4 Å². The molecule has 17 heteroatoms. The van der Waals surface area contributed by atoms with E-state index < -0.39 is 7.14 Å². The number of benzene rings is 2. The third-order valence-electron chi connectivity index (χ3n) is 12.9. The molecule has 2 aromatic carbocycles. The Hall–Kier alpha value is -5.41. The average Bonchev–Trinajstić information content (AvgIpc) is 3.72. The topological polar surface area (TPSA) is 162 Å². The first-order chi connectivity index (χ1) is 30.9. The molecule has 4 aromatic heterocycles. The molecule has 1 unspecified atom stereocenters. The van der Waals surface area contributed by atoms with Gasteiger partial charge in [-0.05, 0) is 90.7 Å². The summed E-state index contributed by atoms with van der Waals surface area (Å²) >= 11 is 3.61. The van der Waals surface area contributed by atoms with Crippen molar-refractivity contribution in [1.82, 2.24) is 39.5 Å². The standard InChI is InChI=1S/C47H55BrN11O4P/c1-5-31-24-37(53-47-50-26-35(48)45(55-47)52-38-27-49-36-9-7-6-8-33(36)44(38)64(3,4)62)41(63-2)25-40(31)58-18-15-32(16-19-58)57-22-20-56(21-23-57)17-14-30-10-12-42-51-39(29-59(42)28-30)34-11-13-43(60)54-46(34)61/h6-10,12,24-29,32,34H,5,11,13-23H2,1-4H3,(H,54,60,61)(H2,50,52,53,55). The van der Waals surface area contributed by atoms with Gasteiger partial charge in [-0.3, -0.25) is 24.8 Å². The van der Waals surface area contributed by atoms with Crippen LogP contribution in [0.5, 0.6) is 5.75 Å². The van der Waals surface area contributed by atoms with Gasteiger partial charge in [0.1, 0.15) is 24.4 Å². The Morgan fingerprint density at radius 3 is 2.45 bits per heavy atom. The number of carbonyl (C=O) groups excluding carboxylic acids is 2. The van der Waals surface area contributed by atoms with Crippen LogP contribution in [0.4, 0.5) is 28.8 Å². The molecule has 0 saturated carbocycles. The van der Waals surface area contributed by atoms with Crippen LogP contribution in [0.15, 0.2) is 77.8 Å². The third kappa shape index (κ3) is 9.37. The van der Waals surface area contributed by atoms with Crippen LogP contribution in [0, 0.1) is 0 Å². The Kier molecular flexibility index (Phi) is 12.7. The minimum atomic E-state index is -2.71. The number of amides is 2. The SMILES string of the molecule is CCc1cc(Nc2ncc(Br)c(Nc3cnc4ccccc4c3P(C)(C)=O)n2)c(OC)cc1N1CCC(N2CCN(CCc3ccc4nc(C5CCC(=O)NC5=O)cn4c3)CC2)CC1. The number of imidazole rings is 1. The number of nitrogens with one attached hydrogen (secondary N) is 3. The molecule has 3 aliphatic heterocycles. The number of hydrogen-bond donors (Lipinski definition) is 3. The summed E-state index contributed by atoms with van der Waals surface area (Å²) in [5, 5.41) is 10.8. The van der Waals surface area contributed by atoms with Crippen LogP contribution in [0.3, 0.4) is 0 Å². The van der Waals surface area contributed by atoms with Crippen molar-refractivity contribution >= 4 is 85.6 Å². The number of fused-ring (bicyclic) bond motifs is 2. The van der Waals surface area contributed by atoms with E-state index in [-0.39, 0.29) is 17.7 Å². The van der Waals surface area contributed by atoms with Gasteiger partial charge in [-0.2, -0.15) is 4.98 Å². The third-order valence-corrected chi connectivity index (χ3v) is 15.0. The molecule has 9 rings (SSSR count). The molecule has 7 heterocycles. The van der Waals surface area contributed by atoms with E-state index in [1.165, 1.54) is 16.8 Å². The van der Waals surface area contributed by atoms with Gasteiger partial charge >= 0.3 is 0 Å². The van der Waals surface area contributed by atoms with E-state index in [0.29, 0.717) is 46.6 Å². The Morgan fingerprint density at radius 1 is 0.906 bits per heavy atom. The monoisotopic (exact) mass is 947 g/mol. The first-order valence-electron chi connectivity index (χ1n) is 22.2. The quantitative estimate of drug-likeness (QED) is 0.0796. The number of rotatable bonds is 13. The highest BCUT2D eigenvalue weighted by atomic mass is 79.9. The number of anilines is 5. The Morgan fingerprint density at radius 2 is 1.70 bits per heavy atom. The van der Waals surface area contributed by atoms with E-state index in [0.717, 1.165) is 105 Å². The lowest BCUT2D eigenvalue weighted by Crippen LogP contribution is -2.53. The van der Waals surface area contributed by atoms with Crippen molar-refractivity contribution in [3.05, 3.63) is 94.6 Å². The first kappa shape index (κ1) is 43.8. The molecule has 0 bridgehead atoms. The highest BCUT2D eigenvalue weighted by Gasteiger charge is 2.31. The predicted octanol–water partition coefficient (Wildman–Crippen LogP) is 7.09. The number of methoxy groups -OCH3 is 1. The number of aryl methyl sites for hydroxylation is 1. The number of para-hydroxylation sites is 1. The van der Waals surface area contributed by atoms with Gasteiger partial charge in [0.25, 0.3) is 0 Å². The van der Waals surface area contributed by atoms with Gasteiger partial charge in [0.2, 0.25) is 17.8 Å². The lowest BCUT2D eigenvalue weighted by molar-refractivity contribution is -0.134. The molecule has 15 nitrogen and oxygen atoms in total. The predicted molar refractivity (Wildman–Crippen MR) is 257 cm³/mol. The molecule has 3 aliphatic rings. The second-order valence-corrected chi connectivity index (χ2v) is 21.4. The number of imide groups is 1. The number of aromatic nitrogens is 5. The van der Waals surface area contributed by atoms with E-state index in [1.54, 1.807) is 32.8 Å². The number of halogens is 1. The van der Waals surface area contributed by atoms with Gasteiger partial charge in [-0.1, -0.05) is 31.2 Å². The van der Waals surface area contributed by atoms with E-state index in [2.05, 4.69) is 92.9 Å². The zero-order valence-corrected chi connectivity index (χ0v) is 39.3. The van der Waals surface area contributed by atoms with Gasteiger partial charge in [0.15, 0.2) is 0 Å². The number of nitrogens with zero attached hydrogens (tertiary/aromatic N) is 8. The average molecular weight is 949 g/mol. The summed E-state index contributed by atoms with van der Waals surface area (Å²) in [6, 6.07) is 16.8. The maximum Gasteiger partial charge on any atom is 0.235 e. The summed E-state index contributed by atoms with van der Waals surface area (Å²) in [7, 11) is -1.01. The second-order valence-electron chi connectivity index (χ2n) is 17.4. The lowest BCUT2D eigenvalue weighted by Gasteiger charge is -2.43. The van der Waals surface area contributed by atoms with Crippen molar-refractivity contribution in [2.24, 2.45) is 0 Å². The molecule has 334 valence electrons. The van der Waals surface area contributed by atoms with Crippen LogP contribution in [0.25, 0.3) is 16.6 Å². The van der Waals surface area contributed by atoms with Gasteiger partial charge < -0.3 is 34.1 Å². The minimum Gasteiger partial charge on any atom is -0.494 e. The summed E-state index contributed by atoms with van der Waals surface area (Å²) in [4.78, 5) is 50.5. The zero-order valence-electron chi connectivity index (χ0n) is 36.8. The van der Waals surface area contributed by atoms with Crippen LogP contribution in [0.2, 0.25) is 0 Å². The second kappa shape index (κ2) is 18.6. The van der Waals surface area contributed by atoms with Crippen molar-refractivity contribution < 1.29 is 18.9 Å². The molecule has 6 aromatic rings. The Balaban J connectivity index is 0.796. The molecule has 2 amide bonds. The molecular weight excluding hydrogens is 893 g/mol. The summed E-state index contributed by atoms with van der Waals surface area (Å²) < 4.78 is 22.2. The van der Waals surface area contributed by atoms with E-state index in [9.17, 15) is 14.2 Å². The largest absolute Gasteiger partial charge is 0.494 e. The van der Waals surface area contributed by atoms with Gasteiger partial charge in [0.05, 0.1) is 46.3 Å². The summed E-state index contributed by atoms with van der Waals surface area (Å²) in [5.74, 6) is 0.779. The summed E-state index contributed by atoms with van der Waals surface area (Å²) in [5.41, 5.74) is 7.41. The van der Waals surface area contributed by atoms with Crippen molar-refractivity contribution in [1.29, 1.82) is 0 Å². The van der Waals surface area contributed by atoms with E-state index in [4.69, 9.17) is 9.72 Å². The van der Waals surface area contributed by atoms with Crippen molar-refractivity contribution in [3.8, 4) is 5.75 Å². The molecule has 64 heavy (non-hydrogen) atoms. The van der Waals surface area contributed by atoms with Crippen molar-refractivity contribution in [3.63, 3.8) is 0 Å². The molecule has 0 radical (unpaired) electrons. The van der Waals surface area contributed by atoms with E-state index >= 15 is 0 Å². The highest BCUT2D eigenvalue weighted by Crippen LogP contribution is 2.42.